The van der Waals surface area contributed by atoms with Crippen molar-refractivity contribution in [2.24, 2.45) is 0 Å². The standard InChI is InChI=1S/C22H13Cl3F10N2OS/c23-14-4-10(5-15(24)18(14)25)12(21(30,31)32)6-16(26)9-1-2-11(13(3-9)22(33,34)35)19(39)36-7-17(38)37-8-20(27,28)29/h1-6,12H,7-8H2,(H,36,39)(H,37,38)/b16-6-. The highest BCUT2D eigenvalue weighted by molar-refractivity contribution is 7.80. The Labute approximate surface area is 234 Å². The van der Waals surface area contributed by atoms with Crippen LogP contribution in [0.4, 0.5) is 43.9 Å². The maximum atomic E-state index is 14.9. The lowest BCUT2D eigenvalue weighted by molar-refractivity contribution is -0.140. The van der Waals surface area contributed by atoms with E-state index in [2.05, 4.69) is 0 Å². The lowest BCUT2D eigenvalue weighted by Crippen LogP contribution is -2.41. The number of thiocarbonyl (C=S) groups is 1. The zero-order valence-electron chi connectivity index (χ0n) is 18.7. The number of alkyl halides is 9. The van der Waals surface area contributed by atoms with Crippen LogP contribution in [0.5, 0.6) is 0 Å². The number of rotatable bonds is 7. The van der Waals surface area contributed by atoms with Crippen molar-refractivity contribution in [2.45, 2.75) is 24.4 Å². The SMILES string of the molecule is O=C(CNC(=S)c1ccc(/C(F)=C/C(c2cc(Cl)c(Cl)c(Cl)c2)C(F)(F)F)cc1C(F)(F)F)NCC(F)(F)F. The summed E-state index contributed by atoms with van der Waals surface area (Å²) in [5, 5.41) is 2.50. The van der Waals surface area contributed by atoms with E-state index in [1.807, 2.05) is 5.32 Å². The number of nitrogens with one attached hydrogen (secondary N) is 2. The molecule has 0 aliphatic carbocycles. The molecule has 0 aliphatic rings. The quantitative estimate of drug-likeness (QED) is 0.180. The Bertz CT molecular complexity index is 1250. The number of amides is 1. The van der Waals surface area contributed by atoms with Crippen molar-refractivity contribution in [1.29, 1.82) is 0 Å². The molecule has 0 bridgehead atoms. The third-order valence-electron chi connectivity index (χ3n) is 4.77. The summed E-state index contributed by atoms with van der Waals surface area (Å²) in [6.07, 6.45) is -15.0. The fraction of sp³-hybridized carbons (Fsp3) is 0.273. The zero-order valence-corrected chi connectivity index (χ0v) is 21.8. The second-order valence-corrected chi connectivity index (χ2v) is 9.27. The summed E-state index contributed by atoms with van der Waals surface area (Å²) in [4.78, 5) is 10.7. The minimum Gasteiger partial charge on any atom is -0.367 e. The Morgan fingerprint density at radius 3 is 1.97 bits per heavy atom. The number of hydrogen-bond donors (Lipinski definition) is 2. The third-order valence-corrected chi connectivity index (χ3v) is 6.33. The van der Waals surface area contributed by atoms with Crippen LogP contribution in [0.25, 0.3) is 5.83 Å². The summed E-state index contributed by atoms with van der Waals surface area (Å²) in [7, 11) is 0. The van der Waals surface area contributed by atoms with Gasteiger partial charge in [-0.05, 0) is 29.8 Å². The Morgan fingerprint density at radius 2 is 1.49 bits per heavy atom. The molecular weight excluding hydrogens is 637 g/mol. The van der Waals surface area contributed by atoms with Crippen molar-refractivity contribution in [3.05, 3.63) is 73.7 Å². The van der Waals surface area contributed by atoms with Gasteiger partial charge in [0, 0.05) is 11.1 Å². The molecule has 0 radical (unpaired) electrons. The van der Waals surface area contributed by atoms with Crippen LogP contribution in [0.2, 0.25) is 15.1 Å². The van der Waals surface area contributed by atoms with Gasteiger partial charge in [-0.1, -0.05) is 59.2 Å². The Balaban J connectivity index is 2.41. The summed E-state index contributed by atoms with van der Waals surface area (Å²) < 4.78 is 134. The molecule has 0 saturated carbocycles. The van der Waals surface area contributed by atoms with Crippen LogP contribution in [0.3, 0.4) is 0 Å². The zero-order chi connectivity index (χ0) is 29.9. The predicted octanol–water partition coefficient (Wildman–Crippen LogP) is 8.27. The predicted molar refractivity (Wildman–Crippen MR) is 130 cm³/mol. The minimum absolute atomic E-state index is 0.0205. The van der Waals surface area contributed by atoms with E-state index in [-0.39, 0.29) is 27.2 Å². The van der Waals surface area contributed by atoms with Gasteiger partial charge < -0.3 is 10.6 Å². The number of carbonyl (C=O) groups excluding carboxylic acids is 1. The Morgan fingerprint density at radius 1 is 0.923 bits per heavy atom. The van der Waals surface area contributed by atoms with Crippen LogP contribution in [-0.4, -0.2) is 36.3 Å². The third kappa shape index (κ3) is 9.40. The molecule has 0 saturated heterocycles. The van der Waals surface area contributed by atoms with Crippen molar-refractivity contribution < 1.29 is 48.7 Å². The van der Waals surface area contributed by atoms with E-state index in [0.717, 1.165) is 12.1 Å². The highest BCUT2D eigenvalue weighted by Gasteiger charge is 2.41. The lowest BCUT2D eigenvalue weighted by atomic mass is 9.95. The molecule has 0 aromatic heterocycles. The molecule has 39 heavy (non-hydrogen) atoms. The first-order valence-electron chi connectivity index (χ1n) is 10.1. The second-order valence-electron chi connectivity index (χ2n) is 7.67. The van der Waals surface area contributed by atoms with Crippen molar-refractivity contribution in [3.8, 4) is 0 Å². The molecule has 2 aromatic carbocycles. The normalized spacial score (nSPS) is 13.7. The van der Waals surface area contributed by atoms with E-state index >= 15 is 0 Å². The number of benzene rings is 2. The molecule has 0 aliphatic heterocycles. The fourth-order valence-electron chi connectivity index (χ4n) is 3.02. The maximum absolute atomic E-state index is 14.9. The van der Waals surface area contributed by atoms with E-state index in [0.29, 0.717) is 12.1 Å². The summed E-state index contributed by atoms with van der Waals surface area (Å²) >= 11 is 22.0. The van der Waals surface area contributed by atoms with Crippen molar-refractivity contribution in [3.63, 3.8) is 0 Å². The van der Waals surface area contributed by atoms with Crippen molar-refractivity contribution >= 4 is 63.7 Å². The van der Waals surface area contributed by atoms with Gasteiger partial charge in [0.25, 0.3) is 0 Å². The fourth-order valence-corrected chi connectivity index (χ4v) is 3.88. The van der Waals surface area contributed by atoms with Crippen LogP contribution in [0, 0.1) is 0 Å². The number of carbonyl (C=O) groups is 1. The topological polar surface area (TPSA) is 41.1 Å². The number of allylic oxidation sites excluding steroid dienone is 1. The highest BCUT2D eigenvalue weighted by atomic mass is 35.5. The summed E-state index contributed by atoms with van der Waals surface area (Å²) in [5.74, 6) is -5.62. The van der Waals surface area contributed by atoms with Gasteiger partial charge in [-0.3, -0.25) is 4.79 Å². The smallest absolute Gasteiger partial charge is 0.367 e. The van der Waals surface area contributed by atoms with Gasteiger partial charge in [0.1, 0.15) is 23.3 Å². The van der Waals surface area contributed by atoms with Gasteiger partial charge in [0.15, 0.2) is 0 Å². The van der Waals surface area contributed by atoms with Crippen LogP contribution < -0.4 is 10.6 Å². The monoisotopic (exact) mass is 648 g/mol. The van der Waals surface area contributed by atoms with E-state index in [4.69, 9.17) is 47.0 Å². The molecule has 1 atom stereocenters. The van der Waals surface area contributed by atoms with Crippen LogP contribution in [0.15, 0.2) is 36.4 Å². The molecular formula is C22H13Cl3F10N2OS. The van der Waals surface area contributed by atoms with Gasteiger partial charge in [0.2, 0.25) is 5.91 Å². The molecule has 1 amide bonds. The molecule has 0 heterocycles. The summed E-state index contributed by atoms with van der Waals surface area (Å²) in [6, 6.07) is 3.07. The molecule has 3 nitrogen and oxygen atoms in total. The van der Waals surface area contributed by atoms with Crippen LogP contribution in [0.1, 0.15) is 28.2 Å². The van der Waals surface area contributed by atoms with E-state index in [1.165, 1.54) is 5.32 Å². The molecule has 2 rings (SSSR count). The number of hydrogen-bond acceptors (Lipinski definition) is 2. The summed E-state index contributed by atoms with van der Waals surface area (Å²) in [5.41, 5.74) is -3.93. The maximum Gasteiger partial charge on any atom is 0.417 e. The Hall–Kier alpha value is -2.29. The molecule has 17 heteroatoms. The van der Waals surface area contributed by atoms with E-state index in [9.17, 15) is 48.7 Å². The number of halogens is 13. The Kier molecular flexibility index (Phi) is 10.5. The van der Waals surface area contributed by atoms with Gasteiger partial charge in [-0.15, -0.1) is 0 Å². The first-order valence-corrected chi connectivity index (χ1v) is 11.7. The van der Waals surface area contributed by atoms with Crippen molar-refractivity contribution in [1.82, 2.24) is 10.6 Å². The van der Waals surface area contributed by atoms with Crippen molar-refractivity contribution in [2.75, 3.05) is 13.1 Å². The average Bonchev–Trinajstić information content (AvgIpc) is 2.80. The lowest BCUT2D eigenvalue weighted by Gasteiger charge is -2.19. The van der Waals surface area contributed by atoms with E-state index in [1.54, 1.807) is 0 Å². The minimum atomic E-state index is -5.20. The first kappa shape index (κ1) is 32.9. The highest BCUT2D eigenvalue weighted by Crippen LogP contribution is 2.42. The van der Waals surface area contributed by atoms with Crippen LogP contribution >= 0.6 is 47.0 Å². The molecule has 0 spiro atoms. The largest absolute Gasteiger partial charge is 0.417 e. The van der Waals surface area contributed by atoms with Gasteiger partial charge in [-0.2, -0.15) is 39.5 Å². The second kappa shape index (κ2) is 12.5. The molecule has 214 valence electrons. The van der Waals surface area contributed by atoms with Crippen LogP contribution in [-0.2, 0) is 11.0 Å². The molecule has 2 N–H and O–H groups in total. The van der Waals surface area contributed by atoms with Gasteiger partial charge in [0.05, 0.1) is 27.2 Å². The molecule has 2 aromatic rings. The molecule has 0 fully saturated rings. The summed E-state index contributed by atoms with van der Waals surface area (Å²) in [6.45, 7) is -2.62. The molecule has 1 unspecified atom stereocenters. The van der Waals surface area contributed by atoms with Gasteiger partial charge in [-0.25, -0.2) is 4.39 Å². The first-order chi connectivity index (χ1) is 17.7. The van der Waals surface area contributed by atoms with E-state index < -0.39 is 76.5 Å². The average molecular weight is 650 g/mol. The van der Waals surface area contributed by atoms with Gasteiger partial charge >= 0.3 is 18.5 Å².